The van der Waals surface area contributed by atoms with E-state index in [1.54, 1.807) is 30.3 Å². The molecule has 0 saturated carbocycles. The number of carbonyl (C=O) groups excluding carboxylic acids is 12. The molecular weight excluding hydrogens is 1540 g/mol. The third kappa shape index (κ3) is 46.6. The van der Waals surface area contributed by atoms with Crippen LogP contribution in [0.5, 0.6) is 0 Å². The lowest BCUT2D eigenvalue weighted by molar-refractivity contribution is -0.142. The third-order valence-electron chi connectivity index (χ3n) is 16.7. The minimum absolute atomic E-state index is 0.0130. The lowest BCUT2D eigenvalue weighted by Gasteiger charge is -2.26. The number of guanidine groups is 1. The number of benzene rings is 2. The number of aliphatic carboxylic acids is 1. The number of rotatable bonds is 49. The molecule has 2 aliphatic heterocycles. The maximum absolute atomic E-state index is 14.8. The van der Waals surface area contributed by atoms with Gasteiger partial charge in [0, 0.05) is 94.2 Å². The van der Waals surface area contributed by atoms with Gasteiger partial charge < -0.3 is 101 Å². The summed E-state index contributed by atoms with van der Waals surface area (Å²) in [7, 11) is 2.00. The van der Waals surface area contributed by atoms with Crippen molar-refractivity contribution in [3.8, 4) is 0 Å². The lowest BCUT2D eigenvalue weighted by atomic mass is 9.90. The Balaban J connectivity index is 1.33. The fourth-order valence-electron chi connectivity index (χ4n) is 10.8. The number of nitrogens with one attached hydrogen (secondary N) is 10. The Kier molecular flexibility index (Phi) is 51.8. The number of carbonyl (C=O) groups is 13. The maximum Gasteiger partial charge on any atom is 0.304 e. The molecule has 2 aliphatic rings. The van der Waals surface area contributed by atoms with Crippen molar-refractivity contribution in [3.63, 3.8) is 0 Å². The number of thioether (sulfide) groups is 1. The fourth-order valence-corrected chi connectivity index (χ4v) is 14.1. The molecule has 13 N–H and O–H groups in total. The number of nitrogens with two attached hydrogens (primary N) is 1. The van der Waals surface area contributed by atoms with Crippen molar-refractivity contribution in [2.24, 2.45) is 28.6 Å². The third-order valence-corrected chi connectivity index (χ3v) is 20.1. The van der Waals surface area contributed by atoms with Crippen molar-refractivity contribution < 1.29 is 115 Å². The molecule has 2 aromatic carbocycles. The van der Waals surface area contributed by atoms with Crippen LogP contribution in [0.1, 0.15) is 95.1 Å². The van der Waals surface area contributed by atoms with E-state index in [0.717, 1.165) is 39.8 Å². The summed E-state index contributed by atoms with van der Waals surface area (Å²) in [5.74, 6) is -14.7. The predicted molar refractivity (Wildman–Crippen MR) is 418 cm³/mol. The van der Waals surface area contributed by atoms with E-state index in [0.29, 0.717) is 64.0 Å². The highest BCUT2D eigenvalue weighted by atomic mass is 33.1. The SMILES string of the molecule is CCCOCCOCCCC(=O)[C@@H]1CSCC(=O)N[C@@H](CCCCNC(=O)COCC(=O)NCCOCCOCCOCCOCCOCCNC(=O)CO/N=C/c2ccc(F)cc2)C(=O)N[C@H]2CSSC[C@H](NC(=O)[C@H](CC(=O)O)CC(=O)CNC(=O)[C@H](CCCNC(=N)N)CC2=O)C(=O)C[C@@H](Cc2ccccc2)C(=O)N1. The Morgan fingerprint density at radius 1 is 0.566 bits per heavy atom. The summed E-state index contributed by atoms with van der Waals surface area (Å²) < 4.78 is 56.8. The predicted octanol–water partition coefficient (Wildman–Crippen LogP) is 0.491. The number of carboxylic acids is 1. The van der Waals surface area contributed by atoms with Crippen LogP contribution < -0.4 is 53.6 Å². The van der Waals surface area contributed by atoms with Gasteiger partial charge in [0.25, 0.3) is 5.91 Å². The van der Waals surface area contributed by atoms with Gasteiger partial charge in [-0.25, -0.2) is 4.39 Å². The van der Waals surface area contributed by atoms with Gasteiger partial charge >= 0.3 is 5.97 Å². The second kappa shape index (κ2) is 60.3. The number of fused-ring (bicyclic) bond motifs is 5. The number of Topliss-reactive ketones (excluding diaryl/α,β-unsaturated/α-hetero) is 4. The van der Waals surface area contributed by atoms with Crippen LogP contribution in [-0.2, 0) is 111 Å². The Morgan fingerprint density at radius 3 is 1.70 bits per heavy atom. The molecule has 2 heterocycles. The Morgan fingerprint density at radius 2 is 1.11 bits per heavy atom. The molecule has 113 heavy (non-hydrogen) atoms. The van der Waals surface area contributed by atoms with E-state index in [-0.39, 0.29) is 164 Å². The maximum atomic E-state index is 14.8. The number of hydrogen-bond donors (Lipinski definition) is 12. The number of ether oxygens (including phenoxy) is 8. The van der Waals surface area contributed by atoms with E-state index in [2.05, 4.69) is 53.0 Å². The van der Waals surface area contributed by atoms with Crippen molar-refractivity contribution in [1.29, 1.82) is 5.41 Å². The highest BCUT2D eigenvalue weighted by Crippen LogP contribution is 2.27. The van der Waals surface area contributed by atoms with Crippen LogP contribution in [-0.4, -0.2) is 286 Å². The molecule has 2 aromatic rings. The van der Waals surface area contributed by atoms with Crippen LogP contribution in [0.4, 0.5) is 4.39 Å². The normalized spacial score (nSPS) is 19.5. The van der Waals surface area contributed by atoms with Crippen molar-refractivity contribution in [2.75, 3.05) is 168 Å². The summed E-state index contributed by atoms with van der Waals surface area (Å²) in [5, 5.41) is 45.3. The van der Waals surface area contributed by atoms with Gasteiger partial charge in [-0.3, -0.25) is 67.7 Å². The molecule has 0 unspecified atom stereocenters. The Labute approximate surface area is 669 Å². The van der Waals surface area contributed by atoms with Crippen LogP contribution in [0, 0.1) is 29.0 Å². The van der Waals surface area contributed by atoms with Gasteiger partial charge in [0.2, 0.25) is 41.4 Å². The number of nitrogens with zero attached hydrogens (tertiary/aromatic N) is 1. The van der Waals surface area contributed by atoms with Crippen molar-refractivity contribution >= 4 is 122 Å². The molecule has 0 aliphatic carbocycles. The van der Waals surface area contributed by atoms with E-state index < -0.39 is 158 Å². The number of halogens is 1. The van der Waals surface area contributed by atoms with E-state index in [9.17, 15) is 71.8 Å². The number of ketones is 4. The first-order valence-electron chi connectivity index (χ1n) is 37.7. The molecule has 0 spiro atoms. The molecular formula is C74H111FN12O23S3. The van der Waals surface area contributed by atoms with Gasteiger partial charge in [0.05, 0.1) is 128 Å². The Hall–Kier alpha value is -8.25. The van der Waals surface area contributed by atoms with Gasteiger partial charge in [-0.15, -0.1) is 11.8 Å². The van der Waals surface area contributed by atoms with Crippen molar-refractivity contribution in [1.82, 2.24) is 47.9 Å². The second-order valence-corrected chi connectivity index (χ2v) is 29.6. The largest absolute Gasteiger partial charge is 0.481 e. The summed E-state index contributed by atoms with van der Waals surface area (Å²) in [5.41, 5.74) is 6.76. The number of oxime groups is 1. The Bertz CT molecular complexity index is 3290. The van der Waals surface area contributed by atoms with Gasteiger partial charge in [-0.1, -0.05) is 76.1 Å². The molecule has 4 rings (SSSR count). The van der Waals surface area contributed by atoms with E-state index in [4.69, 9.17) is 53.9 Å². The average Bonchev–Trinajstić information content (AvgIpc) is 1.35. The zero-order valence-corrected chi connectivity index (χ0v) is 66.4. The van der Waals surface area contributed by atoms with Crippen LogP contribution >= 0.6 is 33.3 Å². The second-order valence-electron chi connectivity index (χ2n) is 26.0. The standard InChI is InChI=1S/C74H111FN12O23S3/c1-2-23-102-27-28-103-24-9-14-62(89)59-47-111-50-68(95)84-58(13-6-7-19-78-65(92)44-109-45-66(93)79-21-25-104-29-31-106-33-35-108-36-34-107-32-30-105-26-22-80-67(94)46-110-83-42-52-15-17-56(75)18-16-52)73(101)87-61-49-113-112-48-60(64(91)40-54(71(99)85-59)37-51-10-4-3-5-11-51)86-72(100)55(41-69(96)97)38-57(88)43-82-70(98)53(39-63(61)90)12-8-20-81-74(76)77/h3-5,10-11,15-18,42,53-55,58-61H,2,6-9,12-14,19-41,43-50H2,1H3,(H,78,92)(H,79,93)(H,80,94)(H,82,98)(H,84,95)(H,85,99)(H,86,100)(H,87,101)(H,96,97)(H4,76,77,81)/b83-42+/t53-,54-,55+,58+,59+,60+,61+/m1/s1. The van der Waals surface area contributed by atoms with Crippen LogP contribution in [0.15, 0.2) is 59.8 Å². The first kappa shape index (κ1) is 97.1. The van der Waals surface area contributed by atoms with Gasteiger partial charge in [-0.2, -0.15) is 0 Å². The molecule has 2 bridgehead atoms. The van der Waals surface area contributed by atoms with Gasteiger partial charge in [0.1, 0.15) is 25.1 Å². The minimum Gasteiger partial charge on any atom is -0.481 e. The van der Waals surface area contributed by atoms with Crippen LogP contribution in [0.25, 0.3) is 0 Å². The first-order valence-corrected chi connectivity index (χ1v) is 41.3. The molecule has 0 radical (unpaired) electrons. The first-order chi connectivity index (χ1) is 54.6. The monoisotopic (exact) mass is 1650 g/mol. The number of amides is 8. The highest BCUT2D eigenvalue weighted by molar-refractivity contribution is 8.76. The molecule has 2 saturated heterocycles. The van der Waals surface area contributed by atoms with Gasteiger partial charge in [-0.05, 0) is 74.6 Å². The molecule has 0 aromatic heterocycles. The zero-order valence-electron chi connectivity index (χ0n) is 63.9. The number of unbranched alkanes of at least 4 members (excludes halogenated alkanes) is 1. The molecule has 35 nitrogen and oxygen atoms in total. The van der Waals surface area contributed by atoms with Crippen LogP contribution in [0.2, 0.25) is 0 Å². The van der Waals surface area contributed by atoms with Crippen molar-refractivity contribution in [2.45, 2.75) is 115 Å². The molecule has 2 fully saturated rings. The van der Waals surface area contributed by atoms with E-state index in [1.165, 1.54) is 30.5 Å². The fraction of sp³-hybridized carbons (Fsp3) is 0.635. The van der Waals surface area contributed by atoms with Gasteiger partial charge in [0.15, 0.2) is 35.7 Å². The summed E-state index contributed by atoms with van der Waals surface area (Å²) in [6, 6.07) is 8.99. The summed E-state index contributed by atoms with van der Waals surface area (Å²) in [4.78, 5) is 183. The molecule has 8 amide bonds. The minimum atomic E-state index is -1.53. The molecule has 630 valence electrons. The van der Waals surface area contributed by atoms with Crippen LogP contribution in [0.3, 0.4) is 0 Å². The molecule has 39 heteroatoms. The summed E-state index contributed by atoms with van der Waals surface area (Å²) in [6.45, 7) is 5.01. The summed E-state index contributed by atoms with van der Waals surface area (Å²) >= 11 is 0.977. The average molecular weight is 1650 g/mol. The zero-order chi connectivity index (χ0) is 82.1. The number of hydrogen-bond acceptors (Lipinski definition) is 27. The molecule has 7 atom stereocenters. The van der Waals surface area contributed by atoms with E-state index >= 15 is 0 Å². The van der Waals surface area contributed by atoms with E-state index in [1.807, 2.05) is 6.92 Å². The quantitative estimate of drug-likeness (QED) is 0.0141. The topological polar surface area (TPSA) is 496 Å². The van der Waals surface area contributed by atoms with Crippen molar-refractivity contribution in [3.05, 3.63) is 71.5 Å². The smallest absolute Gasteiger partial charge is 0.304 e. The summed E-state index contributed by atoms with van der Waals surface area (Å²) in [6.07, 6.45) is 0.488. The number of carboxylic acid groups (broad SMARTS) is 1. The lowest BCUT2D eigenvalue weighted by Crippen LogP contribution is -2.53. The highest BCUT2D eigenvalue weighted by Gasteiger charge is 2.36.